The predicted octanol–water partition coefficient (Wildman–Crippen LogP) is 6.66. The number of H-pyrrole nitrogens is 1. The van der Waals surface area contributed by atoms with Gasteiger partial charge in [-0.2, -0.15) is 0 Å². The van der Waals surface area contributed by atoms with Crippen molar-refractivity contribution in [2.45, 2.75) is 46.6 Å². The lowest BCUT2D eigenvalue weighted by molar-refractivity contribution is 0.295. The number of aromatic nitrogens is 3. The van der Waals surface area contributed by atoms with E-state index in [9.17, 15) is 0 Å². The number of hydrogen-bond donors (Lipinski definition) is 2. The molecule has 0 saturated heterocycles. The zero-order valence-electron chi connectivity index (χ0n) is 19.4. The van der Waals surface area contributed by atoms with Gasteiger partial charge in [-0.05, 0) is 64.0 Å². The molecule has 168 valence electrons. The number of aromatic amines is 1. The van der Waals surface area contributed by atoms with Crippen LogP contribution in [0, 0.1) is 6.92 Å². The summed E-state index contributed by atoms with van der Waals surface area (Å²) in [5, 5.41) is 6.47. The Kier molecular flexibility index (Phi) is 6.97. The van der Waals surface area contributed by atoms with Gasteiger partial charge in [0.25, 0.3) is 0 Å². The molecule has 2 aromatic heterocycles. The quantitative estimate of drug-likeness (QED) is 0.300. The number of halogens is 1. The minimum atomic E-state index is 0.314. The molecule has 0 bridgehead atoms. The lowest BCUT2D eigenvalue weighted by Gasteiger charge is -2.21. The van der Waals surface area contributed by atoms with Gasteiger partial charge >= 0.3 is 0 Å². The average molecular weight is 450 g/mol. The molecule has 0 fully saturated rings. The smallest absolute Gasteiger partial charge is 0.164 e. The summed E-state index contributed by atoms with van der Waals surface area (Å²) in [6.07, 6.45) is 4.20. The number of benzene rings is 2. The molecule has 2 heterocycles. The van der Waals surface area contributed by atoms with Crippen LogP contribution in [0.2, 0.25) is 5.02 Å². The first-order valence-corrected chi connectivity index (χ1v) is 11.9. The fraction of sp³-hybridized carbons (Fsp3) is 0.385. The molecule has 0 radical (unpaired) electrons. The number of hydrogen-bond acceptors (Lipinski definition) is 4. The van der Waals surface area contributed by atoms with E-state index in [4.69, 9.17) is 21.6 Å². The van der Waals surface area contributed by atoms with Crippen molar-refractivity contribution in [3.05, 3.63) is 53.2 Å². The van der Waals surface area contributed by atoms with E-state index in [0.717, 1.165) is 71.2 Å². The van der Waals surface area contributed by atoms with E-state index < -0.39 is 0 Å². The lowest BCUT2D eigenvalue weighted by Crippen LogP contribution is -2.25. The van der Waals surface area contributed by atoms with Crippen LogP contribution in [-0.2, 0) is 0 Å². The number of rotatable bonds is 9. The Morgan fingerprint density at radius 3 is 2.59 bits per heavy atom. The van der Waals surface area contributed by atoms with Crippen molar-refractivity contribution in [2.24, 2.45) is 0 Å². The van der Waals surface area contributed by atoms with Gasteiger partial charge in [0.2, 0.25) is 0 Å². The first-order valence-electron chi connectivity index (χ1n) is 11.5. The molecule has 0 aliphatic carbocycles. The fourth-order valence-electron chi connectivity index (χ4n) is 4.29. The third-order valence-electron chi connectivity index (χ3n) is 6.22. The second-order valence-electron chi connectivity index (χ2n) is 8.45. The molecule has 0 saturated carbocycles. The molecular weight excluding hydrogens is 418 g/mol. The van der Waals surface area contributed by atoms with Crippen molar-refractivity contribution in [1.82, 2.24) is 19.9 Å². The monoisotopic (exact) mass is 449 g/mol. The fourth-order valence-corrected chi connectivity index (χ4v) is 4.52. The maximum Gasteiger partial charge on any atom is 0.164 e. The summed E-state index contributed by atoms with van der Waals surface area (Å²) in [6.45, 7) is 12.1. The van der Waals surface area contributed by atoms with Gasteiger partial charge in [0, 0.05) is 28.6 Å². The van der Waals surface area contributed by atoms with E-state index in [1.54, 1.807) is 0 Å². The van der Waals surface area contributed by atoms with Crippen LogP contribution in [0.15, 0.2) is 42.6 Å². The molecule has 4 aromatic rings. The molecule has 0 aliphatic heterocycles. The Hall–Kier alpha value is -2.63. The minimum absolute atomic E-state index is 0.314. The summed E-state index contributed by atoms with van der Waals surface area (Å²) in [5.41, 5.74) is 4.00. The Morgan fingerprint density at radius 1 is 1.06 bits per heavy atom. The van der Waals surface area contributed by atoms with Crippen LogP contribution in [0.25, 0.3) is 33.2 Å². The van der Waals surface area contributed by atoms with Crippen molar-refractivity contribution in [3.63, 3.8) is 0 Å². The molecule has 4 rings (SSSR count). The van der Waals surface area contributed by atoms with Gasteiger partial charge in [-0.1, -0.05) is 49.7 Å². The number of nitrogens with zero attached hydrogens (tertiary/aromatic N) is 3. The normalized spacial score (nSPS) is 12.7. The van der Waals surface area contributed by atoms with Gasteiger partial charge in [-0.25, -0.2) is 9.97 Å². The number of aryl methyl sites for hydroxylation is 1. The first-order chi connectivity index (χ1) is 15.5. The van der Waals surface area contributed by atoms with E-state index in [1.165, 1.54) is 0 Å². The molecule has 0 amide bonds. The molecule has 32 heavy (non-hydrogen) atoms. The van der Waals surface area contributed by atoms with Crippen LogP contribution >= 0.6 is 11.6 Å². The number of anilines is 1. The summed E-state index contributed by atoms with van der Waals surface area (Å²) in [4.78, 5) is 15.7. The van der Waals surface area contributed by atoms with E-state index in [-0.39, 0.29) is 0 Å². The summed E-state index contributed by atoms with van der Waals surface area (Å²) in [5.74, 6) is 1.60. The van der Waals surface area contributed by atoms with Crippen LogP contribution in [0.4, 0.5) is 5.82 Å². The molecule has 0 aliphatic rings. The highest BCUT2D eigenvalue weighted by Crippen LogP contribution is 2.33. The Balaban J connectivity index is 1.68. The predicted molar refractivity (Wildman–Crippen MR) is 137 cm³/mol. The minimum Gasteiger partial charge on any atom is -0.367 e. The molecule has 5 nitrogen and oxygen atoms in total. The second kappa shape index (κ2) is 9.88. The zero-order valence-corrected chi connectivity index (χ0v) is 20.1. The SMILES string of the molecule is CCN(CC)CCCC(C)Nc1nc(-c2c[nH]c3c(Cl)cccc23)nc2c(C)cccc12. The maximum atomic E-state index is 6.38. The Labute approximate surface area is 195 Å². The highest BCUT2D eigenvalue weighted by Gasteiger charge is 2.16. The van der Waals surface area contributed by atoms with E-state index >= 15 is 0 Å². The van der Waals surface area contributed by atoms with Crippen molar-refractivity contribution < 1.29 is 0 Å². The van der Waals surface area contributed by atoms with Crippen molar-refractivity contribution in [2.75, 3.05) is 25.0 Å². The molecule has 6 heteroatoms. The van der Waals surface area contributed by atoms with Crippen LogP contribution in [0.5, 0.6) is 0 Å². The number of fused-ring (bicyclic) bond motifs is 2. The van der Waals surface area contributed by atoms with Crippen LogP contribution in [-0.4, -0.2) is 45.5 Å². The van der Waals surface area contributed by atoms with Crippen LogP contribution in [0.1, 0.15) is 39.2 Å². The summed E-state index contributed by atoms with van der Waals surface area (Å²) < 4.78 is 0. The molecular formula is C26H32ClN5. The third kappa shape index (κ3) is 4.59. The highest BCUT2D eigenvalue weighted by molar-refractivity contribution is 6.35. The highest BCUT2D eigenvalue weighted by atomic mass is 35.5. The van der Waals surface area contributed by atoms with Crippen molar-refractivity contribution in [1.29, 1.82) is 0 Å². The lowest BCUT2D eigenvalue weighted by atomic mass is 10.1. The third-order valence-corrected chi connectivity index (χ3v) is 6.54. The Bertz CT molecular complexity index is 1210. The summed E-state index contributed by atoms with van der Waals surface area (Å²) in [6, 6.07) is 12.5. The molecule has 0 spiro atoms. The average Bonchev–Trinajstić information content (AvgIpc) is 3.23. The van der Waals surface area contributed by atoms with E-state index in [0.29, 0.717) is 16.9 Å². The summed E-state index contributed by atoms with van der Waals surface area (Å²) >= 11 is 6.38. The van der Waals surface area contributed by atoms with Gasteiger partial charge in [0.05, 0.1) is 16.1 Å². The largest absolute Gasteiger partial charge is 0.367 e. The molecule has 2 aromatic carbocycles. The van der Waals surface area contributed by atoms with Crippen molar-refractivity contribution >= 4 is 39.2 Å². The van der Waals surface area contributed by atoms with Crippen molar-refractivity contribution in [3.8, 4) is 11.4 Å². The number of nitrogens with one attached hydrogen (secondary N) is 2. The van der Waals surface area contributed by atoms with Gasteiger partial charge in [-0.15, -0.1) is 0 Å². The standard InChI is InChI=1S/C26H32ClN5/c1-5-32(6-2)15-9-11-18(4)29-25-20-13-7-10-17(3)23(20)30-26(31-25)21-16-28-24-19(21)12-8-14-22(24)27/h7-8,10,12-14,16,18,28H,5-6,9,11,15H2,1-4H3,(H,29,30,31). The van der Waals surface area contributed by atoms with E-state index in [2.05, 4.69) is 67.2 Å². The summed E-state index contributed by atoms with van der Waals surface area (Å²) in [7, 11) is 0. The molecule has 1 unspecified atom stereocenters. The van der Waals surface area contributed by atoms with Gasteiger partial charge in [0.1, 0.15) is 5.82 Å². The molecule has 2 N–H and O–H groups in total. The maximum absolute atomic E-state index is 6.38. The molecule has 1 atom stereocenters. The zero-order chi connectivity index (χ0) is 22.7. The van der Waals surface area contributed by atoms with E-state index in [1.807, 2.05) is 18.3 Å². The van der Waals surface area contributed by atoms with Gasteiger partial charge in [0.15, 0.2) is 5.82 Å². The topological polar surface area (TPSA) is 56.8 Å². The Morgan fingerprint density at radius 2 is 1.81 bits per heavy atom. The van der Waals surface area contributed by atoms with Gasteiger partial charge in [-0.3, -0.25) is 0 Å². The van der Waals surface area contributed by atoms with Crippen LogP contribution in [0.3, 0.4) is 0 Å². The first kappa shape index (κ1) is 22.6. The van der Waals surface area contributed by atoms with Gasteiger partial charge < -0.3 is 15.2 Å². The second-order valence-corrected chi connectivity index (χ2v) is 8.85. The van der Waals surface area contributed by atoms with Crippen LogP contribution < -0.4 is 5.32 Å². The number of para-hydroxylation sites is 2.